The normalized spacial score (nSPS) is 13.7. The van der Waals surface area contributed by atoms with Crippen molar-refractivity contribution in [2.75, 3.05) is 40.8 Å². The summed E-state index contributed by atoms with van der Waals surface area (Å²) in [4.78, 5) is 32.0. The van der Waals surface area contributed by atoms with Crippen molar-refractivity contribution in [2.45, 2.75) is 13.1 Å². The summed E-state index contributed by atoms with van der Waals surface area (Å²) in [6, 6.07) is 15.4. The van der Waals surface area contributed by atoms with E-state index in [2.05, 4.69) is 15.6 Å². The van der Waals surface area contributed by atoms with E-state index in [9.17, 15) is 9.59 Å². The van der Waals surface area contributed by atoms with Crippen molar-refractivity contribution >= 4 is 41.8 Å². The fraction of sp³-hybridized carbons (Fsp3) is 0.348. The molecule has 9 heteroatoms. The van der Waals surface area contributed by atoms with Gasteiger partial charge in [0, 0.05) is 45.8 Å². The Hall–Kier alpha value is -2.82. The third-order valence-corrected chi connectivity index (χ3v) is 5.13. The number of piperazine rings is 1. The molecule has 2 N–H and O–H groups in total. The lowest BCUT2D eigenvalue weighted by atomic mass is 10.1. The largest absolute Gasteiger partial charge is 0.497 e. The number of amides is 2. The van der Waals surface area contributed by atoms with E-state index in [0.29, 0.717) is 31.7 Å². The Labute approximate surface area is 206 Å². The van der Waals surface area contributed by atoms with Gasteiger partial charge in [-0.05, 0) is 35.4 Å². The number of guanidine groups is 1. The van der Waals surface area contributed by atoms with E-state index in [0.717, 1.165) is 22.8 Å². The molecule has 3 rings (SSSR count). The molecule has 32 heavy (non-hydrogen) atoms. The Morgan fingerprint density at radius 1 is 1.16 bits per heavy atom. The maximum atomic E-state index is 12.6. The number of aliphatic imine (C=N–C) groups is 1. The highest BCUT2D eigenvalue weighted by Crippen LogP contribution is 2.13. The fourth-order valence-corrected chi connectivity index (χ4v) is 3.41. The summed E-state index contributed by atoms with van der Waals surface area (Å²) in [7, 11) is 5.39. The molecule has 0 spiro atoms. The second-order valence-electron chi connectivity index (χ2n) is 7.38. The monoisotopic (exact) mass is 551 g/mol. The molecule has 0 radical (unpaired) electrons. The number of nitrogens with one attached hydrogen (secondary N) is 2. The number of hydrogen-bond donors (Lipinski definition) is 2. The molecule has 0 saturated carbocycles. The number of carbonyl (C=O) groups excluding carboxylic acids is 2. The Morgan fingerprint density at radius 2 is 1.81 bits per heavy atom. The molecule has 0 bridgehead atoms. The van der Waals surface area contributed by atoms with Crippen LogP contribution < -0.4 is 15.4 Å². The molecular formula is C23H30IN5O3. The summed E-state index contributed by atoms with van der Waals surface area (Å²) in [5, 5.41) is 6.08. The molecule has 1 heterocycles. The van der Waals surface area contributed by atoms with Gasteiger partial charge in [-0.1, -0.05) is 24.3 Å². The van der Waals surface area contributed by atoms with Crippen molar-refractivity contribution in [2.24, 2.45) is 4.99 Å². The van der Waals surface area contributed by atoms with Crippen molar-refractivity contribution in [3.05, 3.63) is 65.2 Å². The Kier molecular flexibility index (Phi) is 9.76. The van der Waals surface area contributed by atoms with Crippen LogP contribution >= 0.6 is 24.0 Å². The smallest absolute Gasteiger partial charge is 0.254 e. The van der Waals surface area contributed by atoms with E-state index in [1.54, 1.807) is 31.2 Å². The predicted molar refractivity (Wildman–Crippen MR) is 135 cm³/mol. The Balaban J connectivity index is 0.00000363. The third-order valence-electron chi connectivity index (χ3n) is 5.13. The summed E-state index contributed by atoms with van der Waals surface area (Å²) < 4.78 is 5.20. The van der Waals surface area contributed by atoms with E-state index in [-0.39, 0.29) is 42.3 Å². The summed E-state index contributed by atoms with van der Waals surface area (Å²) in [5.74, 6) is 1.37. The lowest BCUT2D eigenvalue weighted by Crippen LogP contribution is -2.49. The minimum absolute atomic E-state index is 0. The van der Waals surface area contributed by atoms with Gasteiger partial charge in [0.15, 0.2) is 5.96 Å². The zero-order valence-corrected chi connectivity index (χ0v) is 21.0. The third kappa shape index (κ3) is 6.84. The molecule has 0 aromatic heterocycles. The van der Waals surface area contributed by atoms with Gasteiger partial charge < -0.3 is 25.2 Å². The molecular weight excluding hydrogens is 521 g/mol. The summed E-state index contributed by atoms with van der Waals surface area (Å²) >= 11 is 0. The predicted octanol–water partition coefficient (Wildman–Crippen LogP) is 2.09. The highest BCUT2D eigenvalue weighted by molar-refractivity contribution is 14.0. The van der Waals surface area contributed by atoms with Crippen LogP contribution in [0.2, 0.25) is 0 Å². The quantitative estimate of drug-likeness (QED) is 0.327. The Bertz CT molecular complexity index is 932. The van der Waals surface area contributed by atoms with Crippen LogP contribution in [0.1, 0.15) is 21.5 Å². The second kappa shape index (κ2) is 12.3. The van der Waals surface area contributed by atoms with Crippen LogP contribution in [0.3, 0.4) is 0 Å². The molecule has 2 aromatic rings. The number of nitrogens with zero attached hydrogens (tertiary/aromatic N) is 3. The molecule has 0 aliphatic carbocycles. The van der Waals surface area contributed by atoms with Gasteiger partial charge in [0.25, 0.3) is 5.91 Å². The average Bonchev–Trinajstić information content (AvgIpc) is 2.80. The van der Waals surface area contributed by atoms with Gasteiger partial charge in [0.05, 0.1) is 13.7 Å². The van der Waals surface area contributed by atoms with Crippen LogP contribution in [0.4, 0.5) is 0 Å². The summed E-state index contributed by atoms with van der Waals surface area (Å²) in [6.45, 7) is 2.43. The van der Waals surface area contributed by atoms with Gasteiger partial charge in [-0.2, -0.15) is 0 Å². The molecule has 2 amide bonds. The van der Waals surface area contributed by atoms with Gasteiger partial charge >= 0.3 is 0 Å². The van der Waals surface area contributed by atoms with Gasteiger partial charge in [-0.15, -0.1) is 24.0 Å². The average molecular weight is 551 g/mol. The summed E-state index contributed by atoms with van der Waals surface area (Å²) in [5.41, 5.74) is 2.77. The zero-order chi connectivity index (χ0) is 22.2. The lowest BCUT2D eigenvalue weighted by molar-refractivity contribution is -0.123. The van der Waals surface area contributed by atoms with E-state index >= 15 is 0 Å². The topological polar surface area (TPSA) is 86.3 Å². The van der Waals surface area contributed by atoms with E-state index < -0.39 is 0 Å². The van der Waals surface area contributed by atoms with E-state index in [1.165, 1.54) is 0 Å². The highest BCUT2D eigenvalue weighted by atomic mass is 127. The first kappa shape index (κ1) is 25.4. The molecule has 8 nitrogen and oxygen atoms in total. The first-order valence-electron chi connectivity index (χ1n) is 10.2. The number of hydrogen-bond acceptors (Lipinski definition) is 4. The van der Waals surface area contributed by atoms with Crippen molar-refractivity contribution < 1.29 is 14.3 Å². The van der Waals surface area contributed by atoms with Crippen LogP contribution in [-0.4, -0.2) is 68.4 Å². The van der Waals surface area contributed by atoms with Crippen LogP contribution in [0.5, 0.6) is 5.75 Å². The molecule has 2 aromatic carbocycles. The van der Waals surface area contributed by atoms with Gasteiger partial charge in [-0.25, -0.2) is 0 Å². The number of rotatable bonds is 6. The molecule has 1 fully saturated rings. The van der Waals surface area contributed by atoms with Gasteiger partial charge in [0.2, 0.25) is 5.91 Å². The van der Waals surface area contributed by atoms with E-state index in [1.807, 2.05) is 48.3 Å². The molecule has 172 valence electrons. The van der Waals surface area contributed by atoms with E-state index in [4.69, 9.17) is 4.74 Å². The van der Waals surface area contributed by atoms with Crippen LogP contribution in [-0.2, 0) is 17.9 Å². The summed E-state index contributed by atoms with van der Waals surface area (Å²) in [6.07, 6.45) is 0. The number of ether oxygens (including phenoxy) is 1. The molecule has 1 saturated heterocycles. The minimum Gasteiger partial charge on any atom is -0.497 e. The maximum Gasteiger partial charge on any atom is 0.254 e. The molecule has 0 unspecified atom stereocenters. The van der Waals surface area contributed by atoms with Crippen molar-refractivity contribution in [1.82, 2.24) is 20.4 Å². The van der Waals surface area contributed by atoms with Crippen molar-refractivity contribution in [3.63, 3.8) is 0 Å². The SMILES string of the molecule is CN=C(NCc1ccc(C(=O)N2CCNC(=O)C2)cc1)N(C)Cc1ccc(OC)cc1.I. The number of methoxy groups -OCH3 is 1. The first-order chi connectivity index (χ1) is 15.0. The standard InChI is InChI=1S/C23H29N5O3.HI/c1-24-23(27(2)15-18-6-10-20(31-3)11-7-18)26-14-17-4-8-19(9-5-17)22(30)28-13-12-25-21(29)16-28;/h4-11H,12-16H2,1-3H3,(H,24,26)(H,25,29);1H. The lowest BCUT2D eigenvalue weighted by Gasteiger charge is -2.26. The number of benzene rings is 2. The second-order valence-corrected chi connectivity index (χ2v) is 7.38. The zero-order valence-electron chi connectivity index (χ0n) is 18.6. The molecule has 1 aliphatic heterocycles. The van der Waals surface area contributed by atoms with Crippen LogP contribution in [0.25, 0.3) is 0 Å². The highest BCUT2D eigenvalue weighted by Gasteiger charge is 2.22. The molecule has 1 aliphatic rings. The minimum atomic E-state index is -0.121. The van der Waals surface area contributed by atoms with Crippen molar-refractivity contribution in [3.8, 4) is 5.75 Å². The van der Waals surface area contributed by atoms with Crippen LogP contribution in [0.15, 0.2) is 53.5 Å². The number of carbonyl (C=O) groups is 2. The molecule has 0 atom stereocenters. The van der Waals surface area contributed by atoms with Crippen molar-refractivity contribution in [1.29, 1.82) is 0 Å². The first-order valence-corrected chi connectivity index (χ1v) is 10.2. The number of halogens is 1. The van der Waals surface area contributed by atoms with Gasteiger partial charge in [0.1, 0.15) is 5.75 Å². The Morgan fingerprint density at radius 3 is 2.41 bits per heavy atom. The van der Waals surface area contributed by atoms with Gasteiger partial charge in [-0.3, -0.25) is 14.6 Å². The van der Waals surface area contributed by atoms with Crippen LogP contribution in [0, 0.1) is 0 Å². The fourth-order valence-electron chi connectivity index (χ4n) is 3.41. The maximum absolute atomic E-state index is 12.6.